The van der Waals surface area contributed by atoms with E-state index in [-0.39, 0.29) is 11.2 Å². The first-order valence-electron chi connectivity index (χ1n) is 6.85. The summed E-state index contributed by atoms with van der Waals surface area (Å²) in [5.74, 6) is -0.465. The van der Waals surface area contributed by atoms with Crippen molar-refractivity contribution in [2.24, 2.45) is 0 Å². The van der Waals surface area contributed by atoms with Gasteiger partial charge in [-0.05, 0) is 38.8 Å². The van der Waals surface area contributed by atoms with E-state index < -0.39 is 10.9 Å². The number of esters is 1. The lowest BCUT2D eigenvalue weighted by molar-refractivity contribution is -0.384. The Hall–Kier alpha value is -2.37. The molecule has 1 aromatic carbocycles. The van der Waals surface area contributed by atoms with Gasteiger partial charge in [0.25, 0.3) is 5.69 Å². The molecule has 6 heteroatoms. The minimum Gasteiger partial charge on any atom is -0.463 e. The molecular weight excluding hydrogens is 272 g/mol. The van der Waals surface area contributed by atoms with E-state index in [0.29, 0.717) is 12.2 Å². The number of benzene rings is 1. The summed E-state index contributed by atoms with van der Waals surface area (Å²) in [5.41, 5.74) is 1.42. The van der Waals surface area contributed by atoms with Crippen molar-refractivity contribution < 1.29 is 14.5 Å². The van der Waals surface area contributed by atoms with Gasteiger partial charge in [0.15, 0.2) is 0 Å². The van der Waals surface area contributed by atoms with Crippen molar-refractivity contribution in [1.82, 2.24) is 0 Å². The SMILES string of the molecule is CCOC(=O)/C=C/c1cc([N+](=O)[O-])ccc1NC1(C)CC1. The summed E-state index contributed by atoms with van der Waals surface area (Å²) < 4.78 is 4.81. The van der Waals surface area contributed by atoms with Crippen LogP contribution in [0.5, 0.6) is 0 Å². The minimum absolute atomic E-state index is 0.00925. The number of hydrogen-bond acceptors (Lipinski definition) is 5. The number of nitro groups is 1. The molecular formula is C15H18N2O4. The van der Waals surface area contributed by atoms with Gasteiger partial charge in [0.05, 0.1) is 11.5 Å². The average Bonchev–Trinajstić information content (AvgIpc) is 3.15. The summed E-state index contributed by atoms with van der Waals surface area (Å²) in [6.45, 7) is 4.11. The van der Waals surface area contributed by atoms with Crippen molar-refractivity contribution in [3.63, 3.8) is 0 Å². The second-order valence-electron chi connectivity index (χ2n) is 5.30. The summed E-state index contributed by atoms with van der Waals surface area (Å²) in [5, 5.41) is 14.2. The minimum atomic E-state index is -0.465. The molecule has 0 saturated heterocycles. The number of nitrogens with zero attached hydrogens (tertiary/aromatic N) is 1. The smallest absolute Gasteiger partial charge is 0.330 e. The van der Waals surface area contributed by atoms with E-state index >= 15 is 0 Å². The zero-order valence-electron chi connectivity index (χ0n) is 12.1. The summed E-state index contributed by atoms with van der Waals surface area (Å²) in [6, 6.07) is 4.58. The number of nitro benzene ring substituents is 1. The number of non-ortho nitro benzene ring substituents is 1. The molecule has 1 saturated carbocycles. The van der Waals surface area contributed by atoms with E-state index in [1.807, 2.05) is 0 Å². The van der Waals surface area contributed by atoms with Gasteiger partial charge in [-0.2, -0.15) is 0 Å². The molecule has 1 N–H and O–H groups in total. The Balaban J connectivity index is 2.27. The van der Waals surface area contributed by atoms with Gasteiger partial charge in [-0.15, -0.1) is 0 Å². The molecule has 0 atom stereocenters. The van der Waals surface area contributed by atoms with Crippen LogP contribution in [0.25, 0.3) is 6.08 Å². The number of rotatable bonds is 6. The Labute approximate surface area is 122 Å². The van der Waals surface area contributed by atoms with Gasteiger partial charge in [0.1, 0.15) is 0 Å². The number of ether oxygens (including phenoxy) is 1. The zero-order chi connectivity index (χ0) is 15.5. The summed E-state index contributed by atoms with van der Waals surface area (Å²) in [7, 11) is 0. The molecule has 0 heterocycles. The highest BCUT2D eigenvalue weighted by atomic mass is 16.6. The Bertz CT molecular complexity index is 591. The molecule has 112 valence electrons. The van der Waals surface area contributed by atoms with E-state index in [1.54, 1.807) is 19.1 Å². The predicted octanol–water partition coefficient (Wildman–Crippen LogP) is 3.14. The Morgan fingerprint density at radius 2 is 2.24 bits per heavy atom. The van der Waals surface area contributed by atoms with Crippen LogP contribution >= 0.6 is 0 Å². The van der Waals surface area contributed by atoms with Gasteiger partial charge in [-0.3, -0.25) is 10.1 Å². The molecule has 0 radical (unpaired) electrons. The summed E-state index contributed by atoms with van der Waals surface area (Å²) in [4.78, 5) is 21.8. The van der Waals surface area contributed by atoms with E-state index in [0.717, 1.165) is 18.5 Å². The molecule has 1 aliphatic rings. The highest BCUT2D eigenvalue weighted by molar-refractivity contribution is 5.88. The summed E-state index contributed by atoms with van der Waals surface area (Å²) >= 11 is 0. The molecule has 6 nitrogen and oxygen atoms in total. The largest absolute Gasteiger partial charge is 0.463 e. The lowest BCUT2D eigenvalue weighted by Crippen LogP contribution is -2.16. The third kappa shape index (κ3) is 4.05. The molecule has 0 aromatic heterocycles. The molecule has 0 unspecified atom stereocenters. The second kappa shape index (κ2) is 5.95. The fourth-order valence-corrected chi connectivity index (χ4v) is 1.90. The van der Waals surface area contributed by atoms with Crippen LogP contribution < -0.4 is 5.32 Å². The normalized spacial score (nSPS) is 15.7. The molecule has 0 bridgehead atoms. The molecule has 0 amide bonds. The highest BCUT2D eigenvalue weighted by Crippen LogP contribution is 2.39. The standard InChI is InChI=1S/C15H18N2O4/c1-3-21-14(18)7-4-11-10-12(17(19)20)5-6-13(11)16-15(2)8-9-15/h4-7,10,16H,3,8-9H2,1-2H3/b7-4+. The molecule has 1 aliphatic carbocycles. The Morgan fingerprint density at radius 1 is 1.52 bits per heavy atom. The molecule has 0 spiro atoms. The van der Waals surface area contributed by atoms with E-state index in [1.165, 1.54) is 18.2 Å². The maximum absolute atomic E-state index is 11.4. The van der Waals surface area contributed by atoms with Crippen LogP contribution in [-0.2, 0) is 9.53 Å². The monoisotopic (exact) mass is 290 g/mol. The van der Waals surface area contributed by atoms with Gasteiger partial charge < -0.3 is 10.1 Å². The first kappa shape index (κ1) is 15.0. The summed E-state index contributed by atoms with van der Waals surface area (Å²) in [6.07, 6.45) is 4.94. The fraction of sp³-hybridized carbons (Fsp3) is 0.400. The lowest BCUT2D eigenvalue weighted by atomic mass is 10.1. The van der Waals surface area contributed by atoms with Crippen molar-refractivity contribution in [2.75, 3.05) is 11.9 Å². The van der Waals surface area contributed by atoms with Gasteiger partial charge in [0, 0.05) is 35.0 Å². The zero-order valence-corrected chi connectivity index (χ0v) is 12.1. The van der Waals surface area contributed by atoms with E-state index in [2.05, 4.69) is 12.2 Å². The van der Waals surface area contributed by atoms with Crippen LogP contribution in [0.2, 0.25) is 0 Å². The molecule has 2 rings (SSSR count). The van der Waals surface area contributed by atoms with Crippen molar-refractivity contribution in [2.45, 2.75) is 32.2 Å². The highest BCUT2D eigenvalue weighted by Gasteiger charge is 2.37. The maximum Gasteiger partial charge on any atom is 0.330 e. The first-order chi connectivity index (χ1) is 9.93. The number of carbonyl (C=O) groups excluding carboxylic acids is 1. The molecule has 1 fully saturated rings. The maximum atomic E-state index is 11.4. The van der Waals surface area contributed by atoms with Gasteiger partial charge in [-0.25, -0.2) is 4.79 Å². The lowest BCUT2D eigenvalue weighted by Gasteiger charge is -2.15. The van der Waals surface area contributed by atoms with Gasteiger partial charge in [-0.1, -0.05) is 0 Å². The quantitative estimate of drug-likeness (QED) is 0.377. The van der Waals surface area contributed by atoms with Crippen molar-refractivity contribution in [1.29, 1.82) is 0 Å². The topological polar surface area (TPSA) is 81.5 Å². The van der Waals surface area contributed by atoms with Gasteiger partial charge >= 0.3 is 5.97 Å². The van der Waals surface area contributed by atoms with Crippen LogP contribution in [0, 0.1) is 10.1 Å². The Kier molecular flexibility index (Phi) is 4.26. The van der Waals surface area contributed by atoms with Gasteiger partial charge in [0.2, 0.25) is 0 Å². The molecule has 21 heavy (non-hydrogen) atoms. The predicted molar refractivity (Wildman–Crippen MR) is 80.0 cm³/mol. The van der Waals surface area contributed by atoms with Crippen LogP contribution in [0.3, 0.4) is 0 Å². The number of carbonyl (C=O) groups is 1. The third-order valence-corrected chi connectivity index (χ3v) is 3.37. The Morgan fingerprint density at radius 3 is 2.81 bits per heavy atom. The van der Waals surface area contributed by atoms with Crippen LogP contribution in [-0.4, -0.2) is 23.0 Å². The number of hydrogen-bond donors (Lipinski definition) is 1. The van der Waals surface area contributed by atoms with Crippen LogP contribution in [0.15, 0.2) is 24.3 Å². The second-order valence-corrected chi connectivity index (χ2v) is 5.30. The fourth-order valence-electron chi connectivity index (χ4n) is 1.90. The third-order valence-electron chi connectivity index (χ3n) is 3.37. The van der Waals surface area contributed by atoms with E-state index in [4.69, 9.17) is 4.74 Å². The number of anilines is 1. The molecule has 0 aliphatic heterocycles. The average molecular weight is 290 g/mol. The first-order valence-corrected chi connectivity index (χ1v) is 6.85. The molecule has 1 aromatic rings. The van der Waals surface area contributed by atoms with Crippen LogP contribution in [0.4, 0.5) is 11.4 Å². The number of nitrogens with one attached hydrogen (secondary N) is 1. The van der Waals surface area contributed by atoms with Crippen LogP contribution in [0.1, 0.15) is 32.3 Å². The van der Waals surface area contributed by atoms with Crippen molar-refractivity contribution >= 4 is 23.4 Å². The van der Waals surface area contributed by atoms with Crippen molar-refractivity contribution in [3.05, 3.63) is 40.0 Å². The van der Waals surface area contributed by atoms with Crippen molar-refractivity contribution in [3.8, 4) is 0 Å². The van der Waals surface area contributed by atoms with E-state index in [9.17, 15) is 14.9 Å².